The third-order valence-electron chi connectivity index (χ3n) is 2.23. The first-order chi connectivity index (χ1) is 6.95. The zero-order chi connectivity index (χ0) is 9.64. The second kappa shape index (κ2) is 4.69. The predicted molar refractivity (Wildman–Crippen MR) is 55.0 cm³/mol. The lowest BCUT2D eigenvalue weighted by Gasteiger charge is -2.13. The monoisotopic (exact) mass is 190 g/mol. The van der Waals surface area contributed by atoms with Crippen molar-refractivity contribution in [3.8, 4) is 0 Å². The van der Waals surface area contributed by atoms with E-state index in [0.717, 1.165) is 31.0 Å². The Balaban J connectivity index is 1.85. The van der Waals surface area contributed by atoms with Crippen molar-refractivity contribution in [1.82, 2.24) is 15.5 Å². The van der Waals surface area contributed by atoms with E-state index in [2.05, 4.69) is 20.5 Å². The van der Waals surface area contributed by atoms with Gasteiger partial charge in [-0.1, -0.05) is 0 Å². The van der Waals surface area contributed by atoms with E-state index in [4.69, 9.17) is 0 Å². The molecular formula is C10H14N4. The average Bonchev–Trinajstić information content (AvgIpc) is 2.29. The number of rotatable bonds is 2. The summed E-state index contributed by atoms with van der Waals surface area (Å²) in [5.41, 5.74) is 0.959. The van der Waals surface area contributed by atoms with Crippen LogP contribution >= 0.6 is 0 Å². The van der Waals surface area contributed by atoms with Crippen LogP contribution in [0, 0.1) is 0 Å². The molecule has 1 aliphatic heterocycles. The molecule has 0 spiro atoms. The van der Waals surface area contributed by atoms with Crippen LogP contribution in [0.2, 0.25) is 0 Å². The maximum atomic E-state index is 4.40. The highest BCUT2D eigenvalue weighted by Gasteiger charge is 2.04. The van der Waals surface area contributed by atoms with Crippen LogP contribution < -0.4 is 5.32 Å². The van der Waals surface area contributed by atoms with Crippen molar-refractivity contribution in [1.29, 1.82) is 0 Å². The lowest BCUT2D eigenvalue weighted by atomic mass is 10.2. The second-order valence-electron chi connectivity index (χ2n) is 3.35. The summed E-state index contributed by atoms with van der Waals surface area (Å²) in [5, 5.41) is 11.1. The van der Waals surface area contributed by atoms with Crippen molar-refractivity contribution in [2.24, 2.45) is 4.99 Å². The minimum absolute atomic E-state index is 0.729. The highest BCUT2D eigenvalue weighted by atomic mass is 15.1. The Hall–Kier alpha value is -1.45. The number of aromatic nitrogens is 2. The van der Waals surface area contributed by atoms with Gasteiger partial charge in [-0.3, -0.25) is 4.99 Å². The zero-order valence-corrected chi connectivity index (χ0v) is 8.11. The Morgan fingerprint density at radius 2 is 2.36 bits per heavy atom. The van der Waals surface area contributed by atoms with Gasteiger partial charge in [-0.05, 0) is 25.0 Å². The normalized spacial score (nSPS) is 16.1. The highest BCUT2D eigenvalue weighted by molar-refractivity contribution is 5.82. The molecule has 0 aromatic carbocycles. The maximum Gasteiger partial charge on any atom is 0.0966 e. The fourth-order valence-electron chi connectivity index (χ4n) is 1.46. The lowest BCUT2D eigenvalue weighted by molar-refractivity contribution is 0.700. The minimum atomic E-state index is 0.729. The molecule has 1 N–H and O–H groups in total. The molecule has 14 heavy (non-hydrogen) atoms. The molecule has 74 valence electrons. The molecule has 0 radical (unpaired) electrons. The molecule has 0 saturated heterocycles. The summed E-state index contributed by atoms with van der Waals surface area (Å²) >= 11 is 0. The van der Waals surface area contributed by atoms with Crippen molar-refractivity contribution in [2.45, 2.75) is 25.8 Å². The first kappa shape index (κ1) is 9.12. The second-order valence-corrected chi connectivity index (χ2v) is 3.35. The molecule has 0 atom stereocenters. The maximum absolute atomic E-state index is 4.40. The van der Waals surface area contributed by atoms with Crippen LogP contribution in [0.3, 0.4) is 0 Å². The Morgan fingerprint density at radius 3 is 3.07 bits per heavy atom. The third kappa shape index (κ3) is 2.52. The summed E-state index contributed by atoms with van der Waals surface area (Å²) in [6, 6.07) is 3.86. The average molecular weight is 190 g/mol. The summed E-state index contributed by atoms with van der Waals surface area (Å²) in [6.45, 7) is 1.69. The summed E-state index contributed by atoms with van der Waals surface area (Å²) in [6.07, 6.45) is 5.21. The van der Waals surface area contributed by atoms with Crippen molar-refractivity contribution >= 4 is 5.84 Å². The van der Waals surface area contributed by atoms with Gasteiger partial charge in [0.2, 0.25) is 0 Å². The first-order valence-corrected chi connectivity index (χ1v) is 4.99. The minimum Gasteiger partial charge on any atom is -0.368 e. The van der Waals surface area contributed by atoms with Gasteiger partial charge in [-0.25, -0.2) is 0 Å². The van der Waals surface area contributed by atoms with Crippen LogP contribution in [0.15, 0.2) is 23.3 Å². The van der Waals surface area contributed by atoms with Gasteiger partial charge in [0, 0.05) is 19.2 Å². The number of aliphatic imine (C=N–C) groups is 1. The van der Waals surface area contributed by atoms with Crippen LogP contribution in [-0.4, -0.2) is 22.6 Å². The molecule has 4 heteroatoms. The van der Waals surface area contributed by atoms with Gasteiger partial charge in [-0.15, -0.1) is 0 Å². The van der Waals surface area contributed by atoms with Gasteiger partial charge >= 0.3 is 0 Å². The van der Waals surface area contributed by atoms with Gasteiger partial charge < -0.3 is 5.32 Å². The molecule has 0 aliphatic carbocycles. The topological polar surface area (TPSA) is 50.2 Å². The van der Waals surface area contributed by atoms with Crippen molar-refractivity contribution in [2.75, 3.05) is 6.54 Å². The van der Waals surface area contributed by atoms with E-state index in [9.17, 15) is 0 Å². The third-order valence-corrected chi connectivity index (χ3v) is 2.23. The smallest absolute Gasteiger partial charge is 0.0966 e. The summed E-state index contributed by atoms with van der Waals surface area (Å²) in [5.74, 6) is 1.11. The van der Waals surface area contributed by atoms with E-state index in [1.54, 1.807) is 6.20 Å². The molecular weight excluding hydrogens is 176 g/mol. The van der Waals surface area contributed by atoms with Gasteiger partial charge in [0.25, 0.3) is 0 Å². The van der Waals surface area contributed by atoms with E-state index in [0.29, 0.717) is 0 Å². The number of nitrogens with one attached hydrogen (secondary N) is 1. The van der Waals surface area contributed by atoms with Crippen molar-refractivity contribution in [3.05, 3.63) is 24.0 Å². The molecule has 1 aromatic rings. The van der Waals surface area contributed by atoms with E-state index in [1.807, 2.05) is 12.1 Å². The lowest BCUT2D eigenvalue weighted by Crippen LogP contribution is -2.25. The zero-order valence-electron chi connectivity index (χ0n) is 8.11. The largest absolute Gasteiger partial charge is 0.368 e. The molecule has 1 aliphatic rings. The molecule has 0 unspecified atom stereocenters. The first-order valence-electron chi connectivity index (χ1n) is 4.99. The Morgan fingerprint density at radius 1 is 1.36 bits per heavy atom. The number of amidine groups is 1. The van der Waals surface area contributed by atoms with Crippen molar-refractivity contribution in [3.63, 3.8) is 0 Å². The van der Waals surface area contributed by atoms with Gasteiger partial charge in [-0.2, -0.15) is 10.2 Å². The Kier molecular flexibility index (Phi) is 3.06. The quantitative estimate of drug-likeness (QED) is 0.761. The number of nitrogens with zero attached hydrogens (tertiary/aromatic N) is 3. The Labute approximate surface area is 83.5 Å². The summed E-state index contributed by atoms with van der Waals surface area (Å²) in [7, 11) is 0. The molecule has 0 fully saturated rings. The summed E-state index contributed by atoms with van der Waals surface area (Å²) < 4.78 is 0. The molecule has 2 rings (SSSR count). The number of hydrogen-bond donors (Lipinski definition) is 1. The molecule has 0 bridgehead atoms. The van der Waals surface area contributed by atoms with E-state index < -0.39 is 0 Å². The molecule has 0 amide bonds. The highest BCUT2D eigenvalue weighted by Crippen LogP contribution is 2.04. The predicted octanol–water partition coefficient (Wildman–Crippen LogP) is 1.15. The van der Waals surface area contributed by atoms with Crippen LogP contribution in [0.5, 0.6) is 0 Å². The van der Waals surface area contributed by atoms with Gasteiger partial charge in [0.05, 0.1) is 18.1 Å². The van der Waals surface area contributed by atoms with E-state index >= 15 is 0 Å². The Bertz CT molecular complexity index is 307. The number of hydrogen-bond acceptors (Lipinski definition) is 4. The molecule has 1 aromatic heterocycles. The molecule has 0 saturated carbocycles. The van der Waals surface area contributed by atoms with Crippen molar-refractivity contribution < 1.29 is 0 Å². The van der Waals surface area contributed by atoms with E-state index in [1.165, 1.54) is 12.8 Å². The standard InChI is InChI=1S/C10H14N4/c1-2-6-11-10(5-1)12-8-9-4-3-7-13-14-9/h3-4,7H,1-2,5-6,8H2,(H,11,12). The summed E-state index contributed by atoms with van der Waals surface area (Å²) in [4.78, 5) is 4.40. The van der Waals surface area contributed by atoms with E-state index in [-0.39, 0.29) is 0 Å². The van der Waals surface area contributed by atoms with Gasteiger partial charge in [0.15, 0.2) is 0 Å². The molecule has 4 nitrogen and oxygen atoms in total. The van der Waals surface area contributed by atoms with Crippen LogP contribution in [0.25, 0.3) is 0 Å². The van der Waals surface area contributed by atoms with Crippen LogP contribution in [0.1, 0.15) is 25.0 Å². The fraction of sp³-hybridized carbons (Fsp3) is 0.500. The van der Waals surface area contributed by atoms with Crippen LogP contribution in [0.4, 0.5) is 0 Å². The van der Waals surface area contributed by atoms with Crippen LogP contribution in [-0.2, 0) is 6.54 Å². The van der Waals surface area contributed by atoms with Gasteiger partial charge in [0.1, 0.15) is 0 Å². The molecule has 2 heterocycles. The fourth-order valence-corrected chi connectivity index (χ4v) is 1.46. The SMILES string of the molecule is c1cnnc(CNC2=NCCCC2)c1.